The average Bonchev–Trinajstić information content (AvgIpc) is 2.27. The monoisotopic (exact) mass is 203 g/mol. The Kier molecular flexibility index (Phi) is 2.25. The zero-order valence-electron chi connectivity index (χ0n) is 8.10. The third-order valence-corrected chi connectivity index (χ3v) is 2.16. The molecule has 0 saturated carbocycles. The summed E-state index contributed by atoms with van der Waals surface area (Å²) in [6, 6.07) is 7.36. The molecule has 4 heteroatoms. The third-order valence-electron chi connectivity index (χ3n) is 2.16. The molecule has 0 aliphatic carbocycles. The van der Waals surface area contributed by atoms with Gasteiger partial charge in [0, 0.05) is 17.0 Å². The molecule has 1 N–H and O–H groups in total. The summed E-state index contributed by atoms with van der Waals surface area (Å²) in [4.78, 5) is 14.7. The highest BCUT2D eigenvalue weighted by Gasteiger charge is 2.15. The number of aromatic nitrogens is 1. The molecule has 0 spiro atoms. The number of ether oxygens (including phenoxy) is 1. The predicted molar refractivity (Wildman–Crippen MR) is 55.3 cm³/mol. The minimum Gasteiger partial charge on any atom is -0.494 e. The van der Waals surface area contributed by atoms with Gasteiger partial charge in [-0.3, -0.25) is 0 Å². The Labute approximate surface area is 86.1 Å². The van der Waals surface area contributed by atoms with Crippen LogP contribution in [0.3, 0.4) is 0 Å². The third kappa shape index (κ3) is 1.50. The van der Waals surface area contributed by atoms with Gasteiger partial charge in [-0.15, -0.1) is 0 Å². The van der Waals surface area contributed by atoms with Gasteiger partial charge in [0.1, 0.15) is 0 Å². The number of aromatic carboxylic acids is 1. The van der Waals surface area contributed by atoms with E-state index < -0.39 is 5.97 Å². The van der Waals surface area contributed by atoms with Crippen molar-refractivity contribution in [1.29, 1.82) is 0 Å². The molecule has 0 aliphatic rings. The fourth-order valence-corrected chi connectivity index (χ4v) is 1.50. The van der Waals surface area contributed by atoms with Gasteiger partial charge >= 0.3 is 5.97 Å². The van der Waals surface area contributed by atoms with Crippen LogP contribution in [0.2, 0.25) is 0 Å². The Balaban J connectivity index is 2.81. The standard InChI is InChI=1S/C11H9NO3/c1-15-10-8-5-3-2-4-7(8)6-12-9(10)11(13)14/h2-6H,1H3,(H,13,14). The molecule has 1 aromatic carbocycles. The van der Waals surface area contributed by atoms with E-state index in [0.717, 1.165) is 10.8 Å². The number of benzene rings is 1. The molecule has 0 unspecified atom stereocenters. The van der Waals surface area contributed by atoms with Crippen LogP contribution in [0.4, 0.5) is 0 Å². The highest BCUT2D eigenvalue weighted by molar-refractivity contribution is 5.98. The molecule has 0 aliphatic heterocycles. The Morgan fingerprint density at radius 2 is 2.13 bits per heavy atom. The summed E-state index contributed by atoms with van der Waals surface area (Å²) in [7, 11) is 1.44. The summed E-state index contributed by atoms with van der Waals surface area (Å²) >= 11 is 0. The summed E-state index contributed by atoms with van der Waals surface area (Å²) < 4.78 is 5.08. The summed E-state index contributed by atoms with van der Waals surface area (Å²) in [6.07, 6.45) is 1.53. The van der Waals surface area contributed by atoms with Crippen LogP contribution in [0.1, 0.15) is 10.5 Å². The van der Waals surface area contributed by atoms with Crippen molar-refractivity contribution >= 4 is 16.7 Å². The second-order valence-electron chi connectivity index (χ2n) is 3.03. The van der Waals surface area contributed by atoms with Crippen molar-refractivity contribution in [3.63, 3.8) is 0 Å². The van der Waals surface area contributed by atoms with Crippen molar-refractivity contribution in [1.82, 2.24) is 4.98 Å². The molecule has 0 bridgehead atoms. The van der Waals surface area contributed by atoms with Crippen molar-refractivity contribution in [2.45, 2.75) is 0 Å². The van der Waals surface area contributed by atoms with E-state index >= 15 is 0 Å². The predicted octanol–water partition coefficient (Wildman–Crippen LogP) is 1.94. The van der Waals surface area contributed by atoms with Gasteiger partial charge in [-0.25, -0.2) is 9.78 Å². The van der Waals surface area contributed by atoms with Crippen LogP contribution < -0.4 is 4.74 Å². The van der Waals surface area contributed by atoms with E-state index in [1.807, 2.05) is 24.3 Å². The van der Waals surface area contributed by atoms with Crippen LogP contribution in [0.5, 0.6) is 5.75 Å². The lowest BCUT2D eigenvalue weighted by Crippen LogP contribution is -2.03. The van der Waals surface area contributed by atoms with Crippen LogP contribution >= 0.6 is 0 Å². The number of hydrogen-bond donors (Lipinski definition) is 1. The molecule has 2 rings (SSSR count). The van der Waals surface area contributed by atoms with Gasteiger partial charge in [-0.05, 0) is 0 Å². The summed E-state index contributed by atoms with van der Waals surface area (Å²) in [5.74, 6) is -0.779. The van der Waals surface area contributed by atoms with E-state index in [-0.39, 0.29) is 5.69 Å². The maximum atomic E-state index is 10.9. The number of nitrogens with zero attached hydrogens (tertiary/aromatic N) is 1. The lowest BCUT2D eigenvalue weighted by Gasteiger charge is -2.07. The highest BCUT2D eigenvalue weighted by atomic mass is 16.5. The van der Waals surface area contributed by atoms with Gasteiger partial charge in [0.25, 0.3) is 0 Å². The number of hydrogen-bond acceptors (Lipinski definition) is 3. The molecule has 2 aromatic rings. The van der Waals surface area contributed by atoms with E-state index in [1.165, 1.54) is 13.3 Å². The highest BCUT2D eigenvalue weighted by Crippen LogP contribution is 2.27. The first-order valence-electron chi connectivity index (χ1n) is 4.39. The first-order valence-corrected chi connectivity index (χ1v) is 4.39. The Hall–Kier alpha value is -2.10. The number of carbonyl (C=O) groups is 1. The van der Waals surface area contributed by atoms with Gasteiger partial charge in [-0.2, -0.15) is 0 Å². The molecule has 15 heavy (non-hydrogen) atoms. The minimum absolute atomic E-state index is 0.0591. The van der Waals surface area contributed by atoms with Gasteiger partial charge in [0.05, 0.1) is 7.11 Å². The van der Waals surface area contributed by atoms with Crippen LogP contribution in [0.15, 0.2) is 30.5 Å². The molecule has 0 atom stereocenters. The molecule has 0 radical (unpaired) electrons. The summed E-state index contributed by atoms with van der Waals surface area (Å²) in [5.41, 5.74) is -0.0591. The number of methoxy groups -OCH3 is 1. The first kappa shape index (κ1) is 9.45. The SMILES string of the molecule is COc1c(C(=O)O)ncc2ccccc12. The average molecular weight is 203 g/mol. The second kappa shape index (κ2) is 3.57. The molecule has 76 valence electrons. The molecule has 1 heterocycles. The fraction of sp³-hybridized carbons (Fsp3) is 0.0909. The van der Waals surface area contributed by atoms with Crippen molar-refractivity contribution in [2.24, 2.45) is 0 Å². The number of carboxylic acid groups (broad SMARTS) is 1. The van der Waals surface area contributed by atoms with Crippen LogP contribution in [-0.4, -0.2) is 23.2 Å². The topological polar surface area (TPSA) is 59.4 Å². The minimum atomic E-state index is -1.09. The van der Waals surface area contributed by atoms with Gasteiger partial charge in [0.15, 0.2) is 11.4 Å². The van der Waals surface area contributed by atoms with Gasteiger partial charge < -0.3 is 9.84 Å². The van der Waals surface area contributed by atoms with Crippen molar-refractivity contribution in [2.75, 3.05) is 7.11 Å². The van der Waals surface area contributed by atoms with E-state index in [2.05, 4.69) is 4.98 Å². The lowest BCUT2D eigenvalue weighted by molar-refractivity contribution is 0.0687. The van der Waals surface area contributed by atoms with E-state index in [0.29, 0.717) is 5.75 Å². The normalized spacial score (nSPS) is 10.2. The van der Waals surface area contributed by atoms with E-state index in [1.54, 1.807) is 0 Å². The summed E-state index contributed by atoms with van der Waals surface area (Å²) in [6.45, 7) is 0. The van der Waals surface area contributed by atoms with Crippen LogP contribution in [-0.2, 0) is 0 Å². The Morgan fingerprint density at radius 1 is 1.40 bits per heavy atom. The fourth-order valence-electron chi connectivity index (χ4n) is 1.50. The zero-order chi connectivity index (χ0) is 10.8. The van der Waals surface area contributed by atoms with Crippen LogP contribution in [0, 0.1) is 0 Å². The molecule has 0 saturated heterocycles. The van der Waals surface area contributed by atoms with Gasteiger partial charge in [0.2, 0.25) is 0 Å². The number of rotatable bonds is 2. The number of fused-ring (bicyclic) bond motifs is 1. The second-order valence-corrected chi connectivity index (χ2v) is 3.03. The van der Waals surface area contributed by atoms with E-state index in [9.17, 15) is 4.79 Å². The molecular weight excluding hydrogens is 194 g/mol. The van der Waals surface area contributed by atoms with Crippen molar-refractivity contribution < 1.29 is 14.6 Å². The quantitative estimate of drug-likeness (QED) is 0.810. The van der Waals surface area contributed by atoms with Crippen LogP contribution in [0.25, 0.3) is 10.8 Å². The maximum Gasteiger partial charge on any atom is 0.358 e. The molecule has 0 amide bonds. The Morgan fingerprint density at radius 3 is 2.80 bits per heavy atom. The lowest BCUT2D eigenvalue weighted by atomic mass is 10.1. The largest absolute Gasteiger partial charge is 0.494 e. The molecule has 0 fully saturated rings. The van der Waals surface area contributed by atoms with Crippen molar-refractivity contribution in [3.8, 4) is 5.75 Å². The number of pyridine rings is 1. The van der Waals surface area contributed by atoms with E-state index in [4.69, 9.17) is 9.84 Å². The maximum absolute atomic E-state index is 10.9. The number of carboxylic acids is 1. The summed E-state index contributed by atoms with van der Waals surface area (Å²) in [5, 5.41) is 10.5. The van der Waals surface area contributed by atoms with Gasteiger partial charge in [-0.1, -0.05) is 24.3 Å². The zero-order valence-corrected chi connectivity index (χ0v) is 8.10. The molecule has 4 nitrogen and oxygen atoms in total. The first-order chi connectivity index (χ1) is 7.24. The van der Waals surface area contributed by atoms with Crippen molar-refractivity contribution in [3.05, 3.63) is 36.2 Å². The molecule has 1 aromatic heterocycles. The smallest absolute Gasteiger partial charge is 0.358 e. The molecular formula is C11H9NO3. The Bertz CT molecular complexity index is 522.